The second-order valence-electron chi connectivity index (χ2n) is 23.7. The van der Waals surface area contributed by atoms with Crippen molar-refractivity contribution in [3.63, 3.8) is 0 Å². The fourth-order valence-corrected chi connectivity index (χ4v) is 11.4. The quantitative estimate of drug-likeness (QED) is 0.0148. The standard InChI is InChI=1S/C65H90N8O22S2/c1-8-66-51(64(4,5)43-38-41(96(90)91)22-21-40(43)3)18-14-11-10-12-15-19-52-65(6,7)44-39-42(97(92,93)94)23-29-50(44)73(52)36-17-13-16-20-53(74)68-46(25-31-55(77)78)60(86)70-48(27-33-57(81)82)62(88)72-49(28-34-58(83)84)63(89)71-47(26-32-56(79)80)61(87)69-45(24-30-54(75)76)59(85)67-35-37-95-9-2/h10-12,14-15,18-19,21-23,29,38-39,45-49,96H,8-9,13,16-17,20,24-28,30-37H2,1-7H3,(H,67,85)(H,68,74)(H,69,87)(H,70,86)(H,71,89)(H,72,88)(H,75,76)(H,77,78)(H,79,80)(H,81,82)(H,83,84)(H,92,93,94)/b11-10+,15-12+,18-14+,52-19+,66-51+/t45-,46-,47-,48-,49-/m1/s1. The van der Waals surface area contributed by atoms with Gasteiger partial charge in [-0.15, -0.1) is 0 Å². The van der Waals surface area contributed by atoms with E-state index in [1.54, 1.807) is 55.5 Å². The number of allylic oxidation sites excluding steroid dienone is 8. The number of ether oxygens (including phenoxy) is 1. The zero-order chi connectivity index (χ0) is 72.8. The van der Waals surface area contributed by atoms with Gasteiger partial charge >= 0.3 is 29.8 Å². The number of carbonyl (C=O) groups is 11. The minimum absolute atomic E-state index is 0.0491. The molecule has 0 radical (unpaired) electrons. The molecule has 2 aromatic rings. The second kappa shape index (κ2) is 39.8. The Morgan fingerprint density at radius 3 is 1.54 bits per heavy atom. The molecule has 0 bridgehead atoms. The molecule has 6 amide bonds. The molecule has 1 heterocycles. The van der Waals surface area contributed by atoms with E-state index in [0.717, 1.165) is 22.5 Å². The Bertz CT molecular complexity index is 3530. The summed E-state index contributed by atoms with van der Waals surface area (Å²) >= 11 is 0. The molecule has 0 spiro atoms. The van der Waals surface area contributed by atoms with Crippen molar-refractivity contribution in [1.29, 1.82) is 0 Å². The number of aryl methyl sites for hydroxylation is 1. The molecule has 97 heavy (non-hydrogen) atoms. The second-order valence-corrected chi connectivity index (χ2v) is 26.1. The molecule has 5 atom stereocenters. The Morgan fingerprint density at radius 1 is 0.619 bits per heavy atom. The van der Waals surface area contributed by atoms with Gasteiger partial charge in [-0.2, -0.15) is 8.42 Å². The van der Waals surface area contributed by atoms with Crippen molar-refractivity contribution in [2.24, 2.45) is 4.99 Å². The average molecular weight is 1400 g/mol. The highest BCUT2D eigenvalue weighted by Gasteiger charge is 2.41. The van der Waals surface area contributed by atoms with E-state index in [1.807, 2.05) is 64.7 Å². The van der Waals surface area contributed by atoms with E-state index in [4.69, 9.17) is 9.73 Å². The van der Waals surface area contributed by atoms with E-state index in [1.165, 1.54) is 12.1 Å². The molecule has 3 rings (SSSR count). The van der Waals surface area contributed by atoms with Gasteiger partial charge in [-0.1, -0.05) is 70.6 Å². The van der Waals surface area contributed by atoms with E-state index in [9.17, 15) is 99.7 Å². The molecule has 12 N–H and O–H groups in total. The van der Waals surface area contributed by atoms with Gasteiger partial charge in [-0.3, -0.25) is 62.3 Å². The third kappa shape index (κ3) is 27.5. The number of hydrogen-bond donors (Lipinski definition) is 13. The molecular formula is C65H90N8O22S2. The molecule has 1 aliphatic rings. The summed E-state index contributed by atoms with van der Waals surface area (Å²) < 4.78 is 63.4. The van der Waals surface area contributed by atoms with Crippen LogP contribution >= 0.6 is 0 Å². The number of amides is 6. The number of aliphatic imine (C=N–C) groups is 1. The van der Waals surface area contributed by atoms with Crippen molar-refractivity contribution in [1.82, 2.24) is 31.9 Å². The van der Waals surface area contributed by atoms with E-state index < -0.39 is 191 Å². The van der Waals surface area contributed by atoms with Crippen LogP contribution in [0.1, 0.15) is 148 Å². The van der Waals surface area contributed by atoms with E-state index in [0.29, 0.717) is 43.8 Å². The molecule has 0 aromatic heterocycles. The number of anilines is 1. The number of carbonyl (C=O) groups excluding carboxylic acids is 6. The highest BCUT2D eigenvalue weighted by Crippen LogP contribution is 2.48. The number of thiol groups is 1. The van der Waals surface area contributed by atoms with Gasteiger partial charge in [0.05, 0.1) is 16.4 Å². The van der Waals surface area contributed by atoms with Crippen LogP contribution in [0.15, 0.2) is 99.4 Å². The van der Waals surface area contributed by atoms with Gasteiger partial charge in [0.1, 0.15) is 30.2 Å². The van der Waals surface area contributed by atoms with Gasteiger partial charge in [-0.05, 0) is 125 Å². The summed E-state index contributed by atoms with van der Waals surface area (Å²) in [5.74, 6) is -13.6. The highest BCUT2D eigenvalue weighted by atomic mass is 32.2. The van der Waals surface area contributed by atoms with Crippen LogP contribution < -0.4 is 36.8 Å². The summed E-state index contributed by atoms with van der Waals surface area (Å²) in [6.45, 7) is 14.3. The van der Waals surface area contributed by atoms with Crippen LogP contribution in [0.4, 0.5) is 5.69 Å². The van der Waals surface area contributed by atoms with Crippen molar-refractivity contribution in [2.75, 3.05) is 37.7 Å². The molecular weight excluding hydrogens is 1310 g/mol. The van der Waals surface area contributed by atoms with Gasteiger partial charge in [0.15, 0.2) is 10.7 Å². The van der Waals surface area contributed by atoms with Crippen molar-refractivity contribution < 1.29 is 104 Å². The lowest BCUT2D eigenvalue weighted by atomic mass is 9.77. The third-order valence-corrected chi connectivity index (χ3v) is 17.2. The number of hydrogen-bond acceptors (Lipinski definition) is 18. The molecule has 32 heteroatoms. The Labute approximate surface area is 564 Å². The van der Waals surface area contributed by atoms with Crippen molar-refractivity contribution in [3.05, 3.63) is 101 Å². The Hall–Kier alpha value is -9.14. The summed E-state index contributed by atoms with van der Waals surface area (Å²) in [6, 6.07) is 0.524. The van der Waals surface area contributed by atoms with Gasteiger partial charge in [0, 0.05) is 92.7 Å². The van der Waals surface area contributed by atoms with Crippen LogP contribution in [-0.4, -0.2) is 181 Å². The molecule has 2 aromatic carbocycles. The van der Waals surface area contributed by atoms with Crippen LogP contribution in [0.25, 0.3) is 0 Å². The average Bonchev–Trinajstić information content (AvgIpc) is 1.60. The first-order chi connectivity index (χ1) is 45.5. The number of rotatable bonds is 44. The summed E-state index contributed by atoms with van der Waals surface area (Å²) in [5, 5.41) is 61.5. The summed E-state index contributed by atoms with van der Waals surface area (Å²) in [5.41, 5.74) is 3.01. The van der Waals surface area contributed by atoms with Crippen LogP contribution in [-0.2, 0) is 89.1 Å². The van der Waals surface area contributed by atoms with E-state index in [-0.39, 0.29) is 35.8 Å². The van der Waals surface area contributed by atoms with Crippen molar-refractivity contribution >= 4 is 97.5 Å². The Balaban J connectivity index is 1.83. The maximum atomic E-state index is 14.0. The van der Waals surface area contributed by atoms with Crippen molar-refractivity contribution in [3.8, 4) is 0 Å². The molecule has 0 saturated heterocycles. The fourth-order valence-electron chi connectivity index (χ4n) is 10.5. The van der Waals surface area contributed by atoms with Gasteiger partial charge in [0.25, 0.3) is 10.1 Å². The molecule has 0 saturated carbocycles. The zero-order valence-corrected chi connectivity index (χ0v) is 57.0. The lowest BCUT2D eigenvalue weighted by Gasteiger charge is -2.28. The van der Waals surface area contributed by atoms with Crippen LogP contribution in [0.2, 0.25) is 0 Å². The number of nitrogens with zero attached hydrogens (tertiary/aromatic N) is 2. The molecule has 1 aliphatic heterocycles. The largest absolute Gasteiger partial charge is 0.481 e. The molecule has 30 nitrogen and oxygen atoms in total. The minimum atomic E-state index is -4.59. The number of benzene rings is 2. The highest BCUT2D eigenvalue weighted by molar-refractivity contribution is 7.85. The Kier molecular flexibility index (Phi) is 33.7. The lowest BCUT2D eigenvalue weighted by molar-refractivity contribution is -0.141. The normalized spacial score (nSPS) is 15.1. The van der Waals surface area contributed by atoms with Gasteiger partial charge in [0.2, 0.25) is 35.4 Å². The topological polar surface area (TPSA) is 474 Å². The fraction of sp³-hybridized carbons (Fsp3) is 0.508. The van der Waals surface area contributed by atoms with Crippen molar-refractivity contribution in [2.45, 2.75) is 189 Å². The molecule has 534 valence electrons. The summed E-state index contributed by atoms with van der Waals surface area (Å²) in [6.07, 6.45) is 6.87. The first-order valence-electron chi connectivity index (χ1n) is 31.4. The number of unbranched alkanes of at least 4 members (excludes halogenated alkanes) is 2. The van der Waals surface area contributed by atoms with Crippen LogP contribution in [0.5, 0.6) is 0 Å². The first kappa shape index (κ1) is 82.1. The van der Waals surface area contributed by atoms with Gasteiger partial charge in [-0.25, -0.2) is 8.42 Å². The first-order valence-corrected chi connectivity index (χ1v) is 34.0. The summed E-state index contributed by atoms with van der Waals surface area (Å²) in [7, 11) is -7.39. The predicted octanol–water partition coefficient (Wildman–Crippen LogP) is 3.76. The third-order valence-electron chi connectivity index (χ3n) is 15.6. The summed E-state index contributed by atoms with van der Waals surface area (Å²) in [4.78, 5) is 147. The Morgan fingerprint density at radius 2 is 1.08 bits per heavy atom. The monoisotopic (exact) mass is 1400 g/mol. The number of carboxylic acids is 5. The number of carboxylic acid groups (broad SMARTS) is 5. The minimum Gasteiger partial charge on any atom is -0.481 e. The number of nitrogens with one attached hydrogen (secondary N) is 6. The lowest BCUT2D eigenvalue weighted by Crippen LogP contribution is -2.59. The maximum absolute atomic E-state index is 14.0. The molecule has 0 aliphatic carbocycles. The molecule has 0 fully saturated rings. The SMILES string of the molecule is CC\N=C(/C=C/C=C/C=C/C=C1/N(CCCCCC(=O)N[C@H](CCC(=O)O)C(=O)N[C@H](CCC(=O)O)C(=O)N[C@H](CCC(=O)O)C(=O)N[C@H](CCC(=O)O)C(=O)N[C@H](CCC(=O)O)C(=O)NCCOCC)c2ccc(S(=O)(=O)O)cc2C1(C)C)C(C)(C)c1cc([SH](=O)=O)ccc1C. The van der Waals surface area contributed by atoms with Gasteiger partial charge < -0.3 is 67.1 Å². The maximum Gasteiger partial charge on any atom is 0.303 e. The van der Waals surface area contributed by atoms with E-state index >= 15 is 0 Å². The predicted molar refractivity (Wildman–Crippen MR) is 355 cm³/mol. The van der Waals surface area contributed by atoms with Crippen LogP contribution in [0.3, 0.4) is 0 Å². The van der Waals surface area contributed by atoms with Crippen LogP contribution in [0, 0.1) is 6.92 Å². The zero-order valence-electron chi connectivity index (χ0n) is 55.3. The number of fused-ring (bicyclic) bond motifs is 1. The molecule has 0 unspecified atom stereocenters. The smallest absolute Gasteiger partial charge is 0.303 e. The van der Waals surface area contributed by atoms with E-state index in [2.05, 4.69) is 31.9 Å². The number of aliphatic carboxylic acids is 5.